The first-order valence-electron chi connectivity index (χ1n) is 20.3. The summed E-state index contributed by atoms with van der Waals surface area (Å²) in [6, 6.07) is 31.8. The number of hydrogen-bond acceptors (Lipinski definition) is 12. The van der Waals surface area contributed by atoms with Gasteiger partial charge < -0.3 is 49.6 Å². The van der Waals surface area contributed by atoms with Gasteiger partial charge in [-0.2, -0.15) is 26.3 Å². The van der Waals surface area contributed by atoms with E-state index in [-0.39, 0.29) is 38.4 Å². The molecule has 0 saturated heterocycles. The Morgan fingerprint density at radius 3 is 0.913 bits per heavy atom. The van der Waals surface area contributed by atoms with E-state index in [9.17, 15) is 35.9 Å². The largest absolute Gasteiger partial charge is 2.00 e. The van der Waals surface area contributed by atoms with Crippen LogP contribution >= 0.6 is 0 Å². The van der Waals surface area contributed by atoms with E-state index in [0.717, 1.165) is 43.8 Å². The Hall–Kier alpha value is -6.96. The van der Waals surface area contributed by atoms with E-state index in [1.807, 2.05) is 97.1 Å². The van der Waals surface area contributed by atoms with Gasteiger partial charge in [-0.05, 0) is 49.2 Å². The fourth-order valence-electron chi connectivity index (χ4n) is 6.43. The van der Waals surface area contributed by atoms with E-state index < -0.39 is 46.6 Å². The molecule has 0 aliphatic carbocycles. The molecular formula is C48H38F6N8O6Zr. The van der Waals surface area contributed by atoms with E-state index in [1.165, 1.54) is 41.9 Å². The van der Waals surface area contributed by atoms with Gasteiger partial charge >= 0.3 is 38.6 Å². The van der Waals surface area contributed by atoms with Crippen LogP contribution in [-0.2, 0) is 45.3 Å². The van der Waals surface area contributed by atoms with Crippen molar-refractivity contribution in [3.8, 4) is 45.6 Å². The third-order valence-electron chi connectivity index (χ3n) is 10.7. The molecule has 8 bridgehead atoms. The Labute approximate surface area is 407 Å². The first-order chi connectivity index (χ1) is 32.0. The third kappa shape index (κ3) is 11.0. The number of nitrogens with zero attached hydrogens (tertiary/aromatic N) is 8. The summed E-state index contributed by atoms with van der Waals surface area (Å²) in [6.45, 7) is 5.34. The summed E-state index contributed by atoms with van der Waals surface area (Å²) in [4.78, 5) is 60.1. The number of ketones is 2. The molecule has 5 heterocycles. The van der Waals surface area contributed by atoms with Gasteiger partial charge in [0.1, 0.15) is 22.7 Å². The summed E-state index contributed by atoms with van der Waals surface area (Å²) in [7, 11) is 2.42. The van der Waals surface area contributed by atoms with Crippen LogP contribution in [0.5, 0.6) is 0 Å². The molecule has 0 amide bonds. The molecular weight excluding hydrogens is 990 g/mol. The van der Waals surface area contributed by atoms with Crippen molar-refractivity contribution in [1.29, 1.82) is 0 Å². The minimum atomic E-state index is -4.97. The normalized spacial score (nSPS) is 12.8. The van der Waals surface area contributed by atoms with Crippen molar-refractivity contribution in [3.05, 3.63) is 121 Å². The van der Waals surface area contributed by atoms with Gasteiger partial charge in [-0.3, -0.25) is 9.59 Å². The van der Waals surface area contributed by atoms with Crippen LogP contribution in [0.2, 0.25) is 0 Å². The molecule has 352 valence electrons. The van der Waals surface area contributed by atoms with Gasteiger partial charge in [-0.1, -0.05) is 97.1 Å². The molecule has 2 N–H and O–H groups in total. The van der Waals surface area contributed by atoms with Crippen molar-refractivity contribution in [2.24, 2.45) is 0 Å². The Morgan fingerprint density at radius 2 is 0.696 bits per heavy atom. The SMILES string of the molecule is COC(C)(C)C(O)=CC(=O)C(F)(F)F.COC(C)(C)C(O)=CC(=O)C(F)(F)F.[Zr+2].c1ccc2c(c1)-c1nc-2nc2[n-]c(nc3nc(nc4[n-]c(n1)c1ccccc41)-c1ccccc1-3)c1ccccc21. The van der Waals surface area contributed by atoms with Gasteiger partial charge in [0.2, 0.25) is 0 Å². The molecule has 0 unspecified atom stereocenters. The first-order valence-corrected chi connectivity index (χ1v) is 20.3. The number of methoxy groups -OCH3 is 2. The minimum Gasteiger partial charge on any atom is -0.509 e. The van der Waals surface area contributed by atoms with Gasteiger partial charge in [-0.15, -0.1) is 0 Å². The van der Waals surface area contributed by atoms with Crippen LogP contribution in [0.15, 0.2) is 121 Å². The fourth-order valence-corrected chi connectivity index (χ4v) is 6.43. The average molecular weight is 1030 g/mol. The predicted molar refractivity (Wildman–Crippen MR) is 240 cm³/mol. The Bertz CT molecular complexity index is 2970. The molecule has 7 aromatic rings. The number of benzene rings is 4. The molecule has 2 aliphatic rings. The number of aliphatic hydroxyl groups excluding tert-OH is 2. The smallest absolute Gasteiger partial charge is 0.509 e. The zero-order valence-corrected chi connectivity index (χ0v) is 39.7. The second kappa shape index (κ2) is 19.9. The number of hydrogen-bond donors (Lipinski definition) is 2. The van der Waals surface area contributed by atoms with Gasteiger partial charge in [-0.25, -0.2) is 9.97 Å². The number of halogens is 6. The van der Waals surface area contributed by atoms with Crippen molar-refractivity contribution in [3.63, 3.8) is 0 Å². The molecule has 21 heteroatoms. The molecule has 3 aromatic heterocycles. The molecule has 69 heavy (non-hydrogen) atoms. The quantitative estimate of drug-likeness (QED) is 0.0906. The van der Waals surface area contributed by atoms with Crippen molar-refractivity contribution in [1.82, 2.24) is 39.9 Å². The van der Waals surface area contributed by atoms with Crippen LogP contribution in [0.1, 0.15) is 27.7 Å². The maximum absolute atomic E-state index is 11.8. The Morgan fingerprint density at radius 1 is 0.464 bits per heavy atom. The first kappa shape index (κ1) is 51.4. The second-order valence-electron chi connectivity index (χ2n) is 15.9. The summed E-state index contributed by atoms with van der Waals surface area (Å²) in [6.07, 6.45) is -9.72. The zero-order chi connectivity index (χ0) is 49.3. The van der Waals surface area contributed by atoms with Crippen molar-refractivity contribution < 1.29 is 81.8 Å². The number of carbonyl (C=O) groups is 2. The van der Waals surface area contributed by atoms with E-state index in [4.69, 9.17) is 50.1 Å². The zero-order valence-electron chi connectivity index (χ0n) is 37.3. The number of rotatable bonds is 6. The van der Waals surface area contributed by atoms with Crippen LogP contribution in [0.4, 0.5) is 26.3 Å². The minimum absolute atomic E-state index is 0. The number of allylic oxidation sites excluding steroid dienone is 2. The topological polar surface area (TPSA) is 199 Å². The predicted octanol–water partition coefficient (Wildman–Crippen LogP) is 10.1. The monoisotopic (exact) mass is 1030 g/mol. The maximum Gasteiger partial charge on any atom is 2.00 e. The molecule has 2 aliphatic heterocycles. The van der Waals surface area contributed by atoms with Gasteiger partial charge in [0.25, 0.3) is 11.6 Å². The number of alkyl halides is 6. The Kier molecular flexibility index (Phi) is 14.9. The molecule has 0 radical (unpaired) electrons. The average Bonchev–Trinajstić information content (AvgIpc) is 4.04. The van der Waals surface area contributed by atoms with Gasteiger partial charge in [0, 0.05) is 71.2 Å². The standard InChI is InChI=1S/C32H16N8.2C8H11F3O3.Zr/c1-2-10-18-17(9-1)25-33-26(18)38-28-21-13-5-6-14-22(21)30(35-28)40-32-24-16-8-7-15-23(24)31(36-32)39-29-20-12-4-3-11-19(20)27(34-29)37-25;2*1-7(2,14-3)5(12)4-6(13)8(9,10)11;/h1-16H;2*4,12H,1-3H3;/q-2;;;+2. The molecule has 9 rings (SSSR count). The van der Waals surface area contributed by atoms with Crippen LogP contribution in [0, 0.1) is 0 Å². The number of aromatic nitrogens is 8. The molecule has 0 atom stereocenters. The van der Waals surface area contributed by atoms with Crippen LogP contribution < -0.4 is 9.97 Å². The van der Waals surface area contributed by atoms with Crippen LogP contribution in [0.25, 0.3) is 89.7 Å². The summed E-state index contributed by atoms with van der Waals surface area (Å²) in [5.41, 5.74) is 3.17. The van der Waals surface area contributed by atoms with E-state index >= 15 is 0 Å². The molecule has 0 saturated carbocycles. The summed E-state index contributed by atoms with van der Waals surface area (Å²) in [5, 5.41) is 21.8. The summed E-state index contributed by atoms with van der Waals surface area (Å²) < 4.78 is 79.9. The number of fused-ring (bicyclic) bond motifs is 20. The summed E-state index contributed by atoms with van der Waals surface area (Å²) >= 11 is 0. The third-order valence-corrected chi connectivity index (χ3v) is 10.7. The van der Waals surface area contributed by atoms with E-state index in [0.29, 0.717) is 45.9 Å². The number of aliphatic hydroxyl groups is 2. The number of ether oxygens (including phenoxy) is 2. The maximum atomic E-state index is 11.8. The molecule has 0 spiro atoms. The van der Waals surface area contributed by atoms with E-state index in [2.05, 4.69) is 9.47 Å². The Balaban J connectivity index is 0.000000225. The van der Waals surface area contributed by atoms with Crippen LogP contribution in [-0.4, -0.2) is 89.5 Å². The number of carbonyl (C=O) groups excluding carboxylic acids is 2. The fraction of sp³-hybridized carbons (Fsp3) is 0.208. The second-order valence-corrected chi connectivity index (χ2v) is 15.9. The van der Waals surface area contributed by atoms with Crippen molar-refractivity contribution in [2.45, 2.75) is 51.2 Å². The van der Waals surface area contributed by atoms with Crippen LogP contribution in [0.3, 0.4) is 0 Å². The summed E-state index contributed by atoms with van der Waals surface area (Å²) in [5.74, 6) is -3.54. The van der Waals surface area contributed by atoms with Crippen molar-refractivity contribution in [2.75, 3.05) is 14.2 Å². The van der Waals surface area contributed by atoms with Gasteiger partial charge in [0.15, 0.2) is 0 Å². The van der Waals surface area contributed by atoms with E-state index in [1.54, 1.807) is 0 Å². The molecule has 4 aromatic carbocycles. The van der Waals surface area contributed by atoms with Crippen molar-refractivity contribution >= 4 is 55.7 Å². The van der Waals surface area contributed by atoms with Gasteiger partial charge in [0.05, 0.1) is 23.3 Å². The molecule has 14 nitrogen and oxygen atoms in total. The molecule has 0 fully saturated rings.